The predicted octanol–water partition coefficient (Wildman–Crippen LogP) is 5.13. The van der Waals surface area contributed by atoms with Crippen LogP contribution in [-0.4, -0.2) is 28.2 Å². The summed E-state index contributed by atoms with van der Waals surface area (Å²) in [7, 11) is 1.44. The molecule has 162 valence electrons. The standard InChI is InChI=1S/C25H26O6/c1-14(2)5-6-17-11-19-23(31-15(17)3)13-22(29)24(25(19)30-4)20(27)10-8-16-7-9-18(26)12-21(16)28/h5,7-10,12-13,17,26,28-29H,3,6,11H2,1-2,4H3/b10-8+. The van der Waals surface area contributed by atoms with Gasteiger partial charge in [0.15, 0.2) is 5.78 Å². The quantitative estimate of drug-likeness (QED) is 0.339. The van der Waals surface area contributed by atoms with E-state index < -0.39 is 5.78 Å². The van der Waals surface area contributed by atoms with Gasteiger partial charge in [0.25, 0.3) is 0 Å². The lowest BCUT2D eigenvalue weighted by Crippen LogP contribution is -2.19. The first kappa shape index (κ1) is 22.0. The van der Waals surface area contributed by atoms with Gasteiger partial charge in [0, 0.05) is 29.2 Å². The van der Waals surface area contributed by atoms with Crippen LogP contribution in [0.3, 0.4) is 0 Å². The average molecular weight is 422 g/mol. The minimum Gasteiger partial charge on any atom is -0.508 e. The van der Waals surface area contributed by atoms with Gasteiger partial charge in [0.1, 0.15) is 40.1 Å². The van der Waals surface area contributed by atoms with Crippen LogP contribution in [-0.2, 0) is 6.42 Å². The highest BCUT2D eigenvalue weighted by atomic mass is 16.5. The van der Waals surface area contributed by atoms with Crippen molar-refractivity contribution in [1.29, 1.82) is 0 Å². The fourth-order valence-electron chi connectivity index (χ4n) is 3.51. The van der Waals surface area contributed by atoms with E-state index in [4.69, 9.17) is 9.47 Å². The second kappa shape index (κ2) is 9.00. The van der Waals surface area contributed by atoms with Crippen LogP contribution >= 0.6 is 0 Å². The van der Waals surface area contributed by atoms with Crippen LogP contribution in [0.1, 0.15) is 41.8 Å². The van der Waals surface area contributed by atoms with Crippen molar-refractivity contribution >= 4 is 11.9 Å². The third kappa shape index (κ3) is 4.74. The molecule has 0 aromatic heterocycles. The number of allylic oxidation sites excluding steroid dienone is 4. The molecule has 1 aliphatic heterocycles. The van der Waals surface area contributed by atoms with Gasteiger partial charge >= 0.3 is 0 Å². The molecule has 1 aliphatic rings. The maximum Gasteiger partial charge on any atom is 0.193 e. The third-order valence-electron chi connectivity index (χ3n) is 5.16. The first-order valence-corrected chi connectivity index (χ1v) is 9.88. The highest BCUT2D eigenvalue weighted by Crippen LogP contribution is 2.45. The zero-order chi connectivity index (χ0) is 22.7. The largest absolute Gasteiger partial charge is 0.508 e. The number of carbonyl (C=O) groups is 1. The van der Waals surface area contributed by atoms with Crippen molar-refractivity contribution in [2.24, 2.45) is 5.92 Å². The van der Waals surface area contributed by atoms with Crippen molar-refractivity contribution in [3.63, 3.8) is 0 Å². The van der Waals surface area contributed by atoms with Crippen LogP contribution in [0.15, 0.2) is 54.3 Å². The van der Waals surface area contributed by atoms with E-state index in [-0.39, 0.29) is 34.5 Å². The molecule has 0 saturated heterocycles. The molecule has 0 fully saturated rings. The Bertz CT molecular complexity index is 1090. The Morgan fingerprint density at radius 2 is 1.97 bits per heavy atom. The lowest BCUT2D eigenvalue weighted by Gasteiger charge is -2.28. The lowest BCUT2D eigenvalue weighted by molar-refractivity contribution is 0.104. The summed E-state index contributed by atoms with van der Waals surface area (Å²) in [4.78, 5) is 12.9. The van der Waals surface area contributed by atoms with Gasteiger partial charge in [-0.2, -0.15) is 0 Å². The van der Waals surface area contributed by atoms with Crippen molar-refractivity contribution < 1.29 is 29.6 Å². The van der Waals surface area contributed by atoms with Crippen molar-refractivity contribution in [3.8, 4) is 28.7 Å². The number of hydrogen-bond acceptors (Lipinski definition) is 6. The molecule has 3 N–H and O–H groups in total. The summed E-state index contributed by atoms with van der Waals surface area (Å²) < 4.78 is 11.4. The van der Waals surface area contributed by atoms with Crippen molar-refractivity contribution in [2.75, 3.05) is 7.11 Å². The minimum atomic E-state index is -0.491. The van der Waals surface area contributed by atoms with E-state index in [1.807, 2.05) is 13.8 Å². The number of hydrogen-bond donors (Lipinski definition) is 3. The van der Waals surface area contributed by atoms with E-state index in [2.05, 4.69) is 12.7 Å². The summed E-state index contributed by atoms with van der Waals surface area (Å²) in [6.45, 7) is 8.04. The number of rotatable bonds is 6. The fraction of sp³-hybridized carbons (Fsp3) is 0.240. The summed E-state index contributed by atoms with van der Waals surface area (Å²) in [5.41, 5.74) is 2.26. The first-order chi connectivity index (χ1) is 14.7. The molecule has 1 atom stereocenters. The van der Waals surface area contributed by atoms with Crippen LogP contribution in [0.5, 0.6) is 28.7 Å². The molecule has 1 heterocycles. The van der Waals surface area contributed by atoms with Gasteiger partial charge < -0.3 is 24.8 Å². The smallest absolute Gasteiger partial charge is 0.193 e. The number of phenolic OH excluding ortho intramolecular Hbond substituents is 3. The number of benzene rings is 2. The molecule has 6 heteroatoms. The highest BCUT2D eigenvalue weighted by Gasteiger charge is 2.30. The normalized spacial score (nSPS) is 15.3. The van der Waals surface area contributed by atoms with Crippen molar-refractivity contribution in [2.45, 2.75) is 26.7 Å². The summed E-state index contributed by atoms with van der Waals surface area (Å²) in [6.07, 6.45) is 6.05. The molecule has 3 rings (SSSR count). The molecular formula is C25H26O6. The molecule has 0 bridgehead atoms. The van der Waals surface area contributed by atoms with Crippen LogP contribution < -0.4 is 9.47 Å². The number of phenols is 3. The molecule has 0 spiro atoms. The summed E-state index contributed by atoms with van der Waals surface area (Å²) in [5.74, 6) is 0.296. The number of ketones is 1. The zero-order valence-electron chi connectivity index (χ0n) is 17.8. The number of fused-ring (bicyclic) bond motifs is 1. The summed E-state index contributed by atoms with van der Waals surface area (Å²) in [6, 6.07) is 5.46. The van der Waals surface area contributed by atoms with Crippen molar-refractivity contribution in [3.05, 3.63) is 71.0 Å². The van der Waals surface area contributed by atoms with E-state index >= 15 is 0 Å². The molecule has 2 aromatic rings. The Hall–Kier alpha value is -3.67. The van der Waals surface area contributed by atoms with Gasteiger partial charge in [-0.1, -0.05) is 18.2 Å². The van der Waals surface area contributed by atoms with Crippen LogP contribution in [0.25, 0.3) is 6.08 Å². The van der Waals surface area contributed by atoms with Gasteiger partial charge in [-0.05, 0) is 51.0 Å². The van der Waals surface area contributed by atoms with Gasteiger partial charge in [0.05, 0.1) is 7.11 Å². The minimum absolute atomic E-state index is 0.0212. The zero-order valence-corrected chi connectivity index (χ0v) is 17.8. The van der Waals surface area contributed by atoms with E-state index in [1.165, 1.54) is 49.1 Å². The number of carbonyl (C=O) groups excluding carboxylic acids is 1. The molecule has 0 amide bonds. The molecule has 1 unspecified atom stereocenters. The molecule has 31 heavy (non-hydrogen) atoms. The topological polar surface area (TPSA) is 96.2 Å². The Labute approximate surface area is 181 Å². The second-order valence-electron chi connectivity index (χ2n) is 7.71. The molecule has 0 aliphatic carbocycles. The summed E-state index contributed by atoms with van der Waals surface area (Å²) >= 11 is 0. The Morgan fingerprint density at radius 1 is 1.23 bits per heavy atom. The van der Waals surface area contributed by atoms with E-state index in [1.54, 1.807) is 0 Å². The maximum absolute atomic E-state index is 12.9. The third-order valence-corrected chi connectivity index (χ3v) is 5.16. The number of methoxy groups -OCH3 is 1. The van der Waals surface area contributed by atoms with E-state index in [0.29, 0.717) is 29.1 Å². The van der Waals surface area contributed by atoms with Gasteiger partial charge in [-0.25, -0.2) is 0 Å². The van der Waals surface area contributed by atoms with E-state index in [0.717, 1.165) is 6.42 Å². The highest BCUT2D eigenvalue weighted by molar-refractivity contribution is 6.11. The molecule has 0 radical (unpaired) electrons. The molecule has 6 nitrogen and oxygen atoms in total. The lowest BCUT2D eigenvalue weighted by atomic mass is 9.88. The van der Waals surface area contributed by atoms with Gasteiger partial charge in [-0.15, -0.1) is 0 Å². The molecule has 0 saturated carbocycles. The number of ether oxygens (including phenoxy) is 2. The monoisotopic (exact) mass is 422 g/mol. The fourth-order valence-corrected chi connectivity index (χ4v) is 3.51. The van der Waals surface area contributed by atoms with E-state index in [9.17, 15) is 20.1 Å². The Morgan fingerprint density at radius 3 is 2.61 bits per heavy atom. The second-order valence-corrected chi connectivity index (χ2v) is 7.71. The molecular weight excluding hydrogens is 396 g/mol. The Balaban J connectivity index is 1.97. The predicted molar refractivity (Wildman–Crippen MR) is 119 cm³/mol. The average Bonchev–Trinajstić information content (AvgIpc) is 2.70. The number of aromatic hydroxyl groups is 3. The Kier molecular flexibility index (Phi) is 6.39. The maximum atomic E-state index is 12.9. The SMILES string of the molecule is C=C1Oc2cc(O)c(C(=O)/C=C/c3ccc(O)cc3O)c(OC)c2CC1CC=C(C)C. The van der Waals surface area contributed by atoms with Gasteiger partial charge in [0.2, 0.25) is 0 Å². The van der Waals surface area contributed by atoms with Gasteiger partial charge in [-0.3, -0.25) is 4.79 Å². The summed E-state index contributed by atoms with van der Waals surface area (Å²) in [5, 5.41) is 29.8. The van der Waals surface area contributed by atoms with Crippen LogP contribution in [0, 0.1) is 5.92 Å². The van der Waals surface area contributed by atoms with Crippen LogP contribution in [0.4, 0.5) is 0 Å². The van der Waals surface area contributed by atoms with Crippen molar-refractivity contribution in [1.82, 2.24) is 0 Å². The first-order valence-electron chi connectivity index (χ1n) is 9.88. The molecule has 2 aromatic carbocycles. The van der Waals surface area contributed by atoms with Crippen LogP contribution in [0.2, 0.25) is 0 Å².